The van der Waals surface area contributed by atoms with Gasteiger partial charge in [0.25, 0.3) is 0 Å². The third-order valence-corrected chi connectivity index (χ3v) is 5.54. The van der Waals surface area contributed by atoms with Crippen molar-refractivity contribution in [3.8, 4) is 28.0 Å². The summed E-state index contributed by atoms with van der Waals surface area (Å²) < 4.78 is 10.9. The van der Waals surface area contributed by atoms with Crippen molar-refractivity contribution >= 4 is 16.7 Å². The average molecular weight is 394 g/mol. The highest BCUT2D eigenvalue weighted by Gasteiger charge is 2.48. The molecule has 5 rings (SSSR count). The summed E-state index contributed by atoms with van der Waals surface area (Å²) in [6.45, 7) is 0. The molecule has 3 aromatic rings. The first kappa shape index (κ1) is 18.1. The zero-order valence-corrected chi connectivity index (χ0v) is 15.1. The van der Waals surface area contributed by atoms with Crippen LogP contribution in [0.15, 0.2) is 54.6 Å². The van der Waals surface area contributed by atoms with E-state index in [0.717, 1.165) is 33.0 Å². The molecular formula is C22H18O7. The maximum Gasteiger partial charge on any atom is 0.335 e. The summed E-state index contributed by atoms with van der Waals surface area (Å²) in [6.07, 6.45) is -8.20. The van der Waals surface area contributed by atoms with Crippen molar-refractivity contribution in [3.63, 3.8) is 0 Å². The largest absolute Gasteiger partial charge is 0.479 e. The molecule has 1 fully saturated rings. The van der Waals surface area contributed by atoms with Gasteiger partial charge in [-0.25, -0.2) is 4.79 Å². The van der Waals surface area contributed by atoms with Crippen molar-refractivity contribution in [2.24, 2.45) is 0 Å². The minimum Gasteiger partial charge on any atom is -0.479 e. The van der Waals surface area contributed by atoms with Crippen molar-refractivity contribution in [2.75, 3.05) is 0 Å². The number of aliphatic hydroxyl groups excluding tert-OH is 3. The third-order valence-electron chi connectivity index (χ3n) is 5.54. The molecule has 148 valence electrons. The van der Waals surface area contributed by atoms with Gasteiger partial charge in [0.2, 0.25) is 6.29 Å². The molecule has 0 saturated carbocycles. The van der Waals surface area contributed by atoms with Crippen LogP contribution in [0.2, 0.25) is 0 Å². The Hall–Kier alpha value is -2.97. The molecule has 0 radical (unpaired) electrons. The molecule has 1 aliphatic carbocycles. The normalized spacial score (nSPS) is 27.6. The van der Waals surface area contributed by atoms with E-state index in [9.17, 15) is 25.2 Å². The summed E-state index contributed by atoms with van der Waals surface area (Å²) >= 11 is 0. The van der Waals surface area contributed by atoms with Gasteiger partial charge in [-0.1, -0.05) is 42.5 Å². The molecule has 29 heavy (non-hydrogen) atoms. The van der Waals surface area contributed by atoms with Gasteiger partial charge in [-0.3, -0.25) is 0 Å². The van der Waals surface area contributed by atoms with Gasteiger partial charge in [-0.2, -0.15) is 0 Å². The van der Waals surface area contributed by atoms with E-state index in [1.54, 1.807) is 12.1 Å². The van der Waals surface area contributed by atoms with Crippen LogP contribution in [-0.4, -0.2) is 57.1 Å². The Labute approximate surface area is 165 Å². The van der Waals surface area contributed by atoms with Gasteiger partial charge in [0.15, 0.2) is 6.10 Å². The van der Waals surface area contributed by atoms with E-state index in [1.165, 1.54) is 0 Å². The van der Waals surface area contributed by atoms with Gasteiger partial charge in [0.1, 0.15) is 24.1 Å². The van der Waals surface area contributed by atoms with Crippen molar-refractivity contribution < 1.29 is 34.7 Å². The predicted molar refractivity (Wildman–Crippen MR) is 103 cm³/mol. The first-order valence-corrected chi connectivity index (χ1v) is 9.21. The number of fused-ring (bicyclic) bond motifs is 3. The lowest BCUT2D eigenvalue weighted by Gasteiger charge is -2.38. The molecule has 3 aromatic carbocycles. The zero-order valence-electron chi connectivity index (χ0n) is 15.1. The fourth-order valence-corrected chi connectivity index (χ4v) is 4.13. The summed E-state index contributed by atoms with van der Waals surface area (Å²) in [7, 11) is 0. The fraction of sp³-hybridized carbons (Fsp3) is 0.227. The van der Waals surface area contributed by atoms with Gasteiger partial charge in [0.05, 0.1) is 0 Å². The Balaban J connectivity index is 1.49. The third kappa shape index (κ3) is 2.71. The minimum atomic E-state index is -1.76. The number of rotatable bonds is 3. The summed E-state index contributed by atoms with van der Waals surface area (Å²) in [5.74, 6) is -1.10. The van der Waals surface area contributed by atoms with E-state index >= 15 is 0 Å². The molecule has 2 aliphatic rings. The Morgan fingerprint density at radius 1 is 0.828 bits per heavy atom. The molecule has 0 unspecified atom stereocenters. The summed E-state index contributed by atoms with van der Waals surface area (Å²) in [5, 5.41) is 41.4. The second-order valence-corrected chi connectivity index (χ2v) is 7.27. The number of aliphatic hydroxyl groups is 3. The highest BCUT2D eigenvalue weighted by Crippen LogP contribution is 2.48. The molecule has 1 saturated heterocycles. The van der Waals surface area contributed by atoms with Crippen LogP contribution in [-0.2, 0) is 9.53 Å². The van der Waals surface area contributed by atoms with Crippen molar-refractivity contribution in [1.82, 2.24) is 0 Å². The van der Waals surface area contributed by atoms with Gasteiger partial charge >= 0.3 is 5.97 Å². The topological polar surface area (TPSA) is 116 Å². The lowest BCUT2D eigenvalue weighted by Crippen LogP contribution is -2.61. The average Bonchev–Trinajstić information content (AvgIpc) is 3.04. The van der Waals surface area contributed by atoms with E-state index < -0.39 is 36.7 Å². The van der Waals surface area contributed by atoms with Crippen LogP contribution in [0.25, 0.3) is 33.0 Å². The number of carbonyl (C=O) groups is 1. The number of carboxylic acids is 1. The summed E-state index contributed by atoms with van der Waals surface area (Å²) in [4.78, 5) is 11.3. The molecule has 5 atom stereocenters. The van der Waals surface area contributed by atoms with Crippen LogP contribution in [0.1, 0.15) is 0 Å². The Bertz CT molecular complexity index is 1120. The molecule has 7 heteroatoms. The Morgan fingerprint density at radius 2 is 1.52 bits per heavy atom. The maximum atomic E-state index is 11.3. The van der Waals surface area contributed by atoms with Crippen molar-refractivity contribution in [2.45, 2.75) is 30.7 Å². The SMILES string of the molecule is O=C(O)[C@H]1O[C@@H](Oc2ccc3c(c2)-c2cccc4cccc-3c24)[C@H](O)[C@@H](O)[C@@H]1O. The highest BCUT2D eigenvalue weighted by molar-refractivity contribution is 6.15. The Kier molecular flexibility index (Phi) is 4.07. The number of carboxylic acid groups (broad SMARTS) is 1. The quantitative estimate of drug-likeness (QED) is 0.418. The predicted octanol–water partition coefficient (Wildman–Crippen LogP) is 1.76. The van der Waals surface area contributed by atoms with Crippen LogP contribution in [0.4, 0.5) is 0 Å². The number of hydrogen-bond donors (Lipinski definition) is 4. The summed E-state index contributed by atoms with van der Waals surface area (Å²) in [6, 6.07) is 17.6. The molecule has 7 nitrogen and oxygen atoms in total. The monoisotopic (exact) mass is 394 g/mol. The highest BCUT2D eigenvalue weighted by atomic mass is 16.7. The molecule has 0 bridgehead atoms. The van der Waals surface area contributed by atoms with Gasteiger partial charge in [-0.05, 0) is 45.2 Å². The van der Waals surface area contributed by atoms with Crippen molar-refractivity contribution in [1.29, 1.82) is 0 Å². The van der Waals surface area contributed by atoms with Crippen molar-refractivity contribution in [3.05, 3.63) is 54.6 Å². The van der Waals surface area contributed by atoms with Crippen LogP contribution < -0.4 is 4.74 Å². The number of ether oxygens (including phenoxy) is 2. The van der Waals surface area contributed by atoms with Crippen LogP contribution in [0.3, 0.4) is 0 Å². The zero-order chi connectivity index (χ0) is 20.3. The molecule has 1 heterocycles. The number of hydrogen-bond acceptors (Lipinski definition) is 6. The lowest BCUT2D eigenvalue weighted by molar-refractivity contribution is -0.271. The smallest absolute Gasteiger partial charge is 0.335 e. The number of benzene rings is 3. The molecule has 0 amide bonds. The maximum absolute atomic E-state index is 11.3. The first-order valence-electron chi connectivity index (χ1n) is 9.21. The molecule has 4 N–H and O–H groups in total. The first-order chi connectivity index (χ1) is 14.0. The second kappa shape index (κ2) is 6.53. The standard InChI is InChI=1S/C22H18O7/c23-17-18(24)20(21(26)27)29-22(19(17)25)28-11-7-8-12-13-5-1-3-10-4-2-6-14(16(10)13)15(12)9-11/h1-9,17-20,22-25H,(H,26,27)/t17-,18-,19+,20-,22+/m0/s1. The van der Waals surface area contributed by atoms with E-state index in [4.69, 9.17) is 9.47 Å². The van der Waals surface area contributed by atoms with Gasteiger partial charge < -0.3 is 29.9 Å². The van der Waals surface area contributed by atoms with E-state index in [2.05, 4.69) is 18.2 Å². The van der Waals surface area contributed by atoms with E-state index in [-0.39, 0.29) is 0 Å². The second-order valence-electron chi connectivity index (χ2n) is 7.27. The van der Waals surface area contributed by atoms with Crippen LogP contribution in [0, 0.1) is 0 Å². The minimum absolute atomic E-state index is 0.352. The lowest BCUT2D eigenvalue weighted by atomic mass is 9.99. The number of aliphatic carboxylic acids is 1. The van der Waals surface area contributed by atoms with Crippen LogP contribution in [0.5, 0.6) is 5.75 Å². The molecule has 0 aromatic heterocycles. The summed E-state index contributed by atoms with van der Waals surface area (Å²) in [5.41, 5.74) is 4.18. The van der Waals surface area contributed by atoms with E-state index in [1.807, 2.05) is 24.3 Å². The molecular weight excluding hydrogens is 376 g/mol. The molecule has 0 spiro atoms. The fourth-order valence-electron chi connectivity index (χ4n) is 4.13. The Morgan fingerprint density at radius 3 is 2.21 bits per heavy atom. The molecule has 1 aliphatic heterocycles. The van der Waals surface area contributed by atoms with E-state index in [0.29, 0.717) is 5.75 Å². The van der Waals surface area contributed by atoms with Gasteiger partial charge in [0, 0.05) is 0 Å². The van der Waals surface area contributed by atoms with Crippen LogP contribution >= 0.6 is 0 Å². The van der Waals surface area contributed by atoms with Gasteiger partial charge in [-0.15, -0.1) is 0 Å².